The SMILES string of the molecule is CCC(N)Cc1cc(Cl)c(OC)cc1F. The summed E-state index contributed by atoms with van der Waals surface area (Å²) in [5.41, 5.74) is 6.29. The topological polar surface area (TPSA) is 35.2 Å². The number of methoxy groups -OCH3 is 1. The van der Waals surface area contributed by atoms with Crippen molar-refractivity contribution in [2.75, 3.05) is 7.11 Å². The van der Waals surface area contributed by atoms with Gasteiger partial charge in [-0.2, -0.15) is 0 Å². The van der Waals surface area contributed by atoms with Gasteiger partial charge in [-0.05, 0) is 24.5 Å². The van der Waals surface area contributed by atoms with Gasteiger partial charge in [0.15, 0.2) is 0 Å². The number of hydrogen-bond donors (Lipinski definition) is 1. The van der Waals surface area contributed by atoms with E-state index in [1.807, 2.05) is 6.92 Å². The summed E-state index contributed by atoms with van der Waals surface area (Å²) in [6.45, 7) is 1.97. The number of halogens is 2. The Hall–Kier alpha value is -0.800. The lowest BCUT2D eigenvalue weighted by Gasteiger charge is -2.11. The Morgan fingerprint density at radius 1 is 1.53 bits per heavy atom. The van der Waals surface area contributed by atoms with Crippen LogP contribution in [0.25, 0.3) is 0 Å². The molecule has 1 unspecified atom stereocenters. The largest absolute Gasteiger partial charge is 0.495 e. The summed E-state index contributed by atoms with van der Waals surface area (Å²) in [4.78, 5) is 0. The fraction of sp³-hybridized carbons (Fsp3) is 0.455. The Labute approximate surface area is 94.2 Å². The lowest BCUT2D eigenvalue weighted by Crippen LogP contribution is -2.22. The maximum atomic E-state index is 13.5. The van der Waals surface area contributed by atoms with Crippen LogP contribution in [-0.4, -0.2) is 13.2 Å². The van der Waals surface area contributed by atoms with Gasteiger partial charge in [0.2, 0.25) is 0 Å². The quantitative estimate of drug-likeness (QED) is 0.865. The molecule has 0 radical (unpaired) electrons. The normalized spacial score (nSPS) is 12.6. The zero-order chi connectivity index (χ0) is 11.4. The van der Waals surface area contributed by atoms with Crippen molar-refractivity contribution < 1.29 is 9.13 Å². The second kappa shape index (κ2) is 5.33. The molecule has 1 aromatic carbocycles. The average Bonchev–Trinajstić information content (AvgIpc) is 2.22. The van der Waals surface area contributed by atoms with Crippen LogP contribution in [0.4, 0.5) is 4.39 Å². The molecule has 1 atom stereocenters. The summed E-state index contributed by atoms with van der Waals surface area (Å²) in [6, 6.07) is 2.83. The highest BCUT2D eigenvalue weighted by molar-refractivity contribution is 6.32. The Balaban J connectivity index is 2.95. The van der Waals surface area contributed by atoms with Crippen LogP contribution in [0.2, 0.25) is 5.02 Å². The first-order valence-corrected chi connectivity index (χ1v) is 5.23. The highest BCUT2D eigenvalue weighted by Gasteiger charge is 2.11. The number of hydrogen-bond acceptors (Lipinski definition) is 2. The number of ether oxygens (including phenoxy) is 1. The predicted molar refractivity (Wildman–Crippen MR) is 59.9 cm³/mol. The molecule has 0 aliphatic rings. The van der Waals surface area contributed by atoms with Crippen molar-refractivity contribution in [3.8, 4) is 5.75 Å². The van der Waals surface area contributed by atoms with Gasteiger partial charge < -0.3 is 10.5 Å². The van der Waals surface area contributed by atoms with E-state index in [1.165, 1.54) is 13.2 Å². The summed E-state index contributed by atoms with van der Waals surface area (Å²) in [6.07, 6.45) is 1.30. The molecule has 84 valence electrons. The fourth-order valence-corrected chi connectivity index (χ4v) is 1.57. The molecule has 0 spiro atoms. The van der Waals surface area contributed by atoms with Gasteiger partial charge in [-0.25, -0.2) is 4.39 Å². The molecule has 0 heterocycles. The molecule has 0 saturated carbocycles. The fourth-order valence-electron chi connectivity index (χ4n) is 1.31. The molecule has 0 aromatic heterocycles. The van der Waals surface area contributed by atoms with Gasteiger partial charge in [0.1, 0.15) is 11.6 Å². The van der Waals surface area contributed by atoms with E-state index in [2.05, 4.69) is 0 Å². The number of nitrogens with two attached hydrogens (primary N) is 1. The summed E-state index contributed by atoms with van der Waals surface area (Å²) in [7, 11) is 1.46. The van der Waals surface area contributed by atoms with Crippen molar-refractivity contribution in [3.05, 3.63) is 28.5 Å². The second-order valence-corrected chi connectivity index (χ2v) is 3.86. The van der Waals surface area contributed by atoms with Crippen LogP contribution < -0.4 is 10.5 Å². The highest BCUT2D eigenvalue weighted by atomic mass is 35.5. The van der Waals surface area contributed by atoms with Crippen LogP contribution in [0.5, 0.6) is 5.75 Å². The molecule has 2 nitrogen and oxygen atoms in total. The first kappa shape index (κ1) is 12.3. The summed E-state index contributed by atoms with van der Waals surface area (Å²) in [5, 5.41) is 0.414. The van der Waals surface area contributed by atoms with Gasteiger partial charge in [-0.1, -0.05) is 18.5 Å². The van der Waals surface area contributed by atoms with Crippen LogP contribution >= 0.6 is 11.6 Å². The average molecular weight is 232 g/mol. The summed E-state index contributed by atoms with van der Waals surface area (Å²) >= 11 is 5.90. The zero-order valence-corrected chi connectivity index (χ0v) is 9.64. The first-order valence-electron chi connectivity index (χ1n) is 4.86. The lowest BCUT2D eigenvalue weighted by atomic mass is 10.0. The molecule has 2 N–H and O–H groups in total. The van der Waals surface area contributed by atoms with E-state index in [0.717, 1.165) is 6.42 Å². The minimum absolute atomic E-state index is 0.0380. The van der Waals surface area contributed by atoms with E-state index in [9.17, 15) is 4.39 Å². The second-order valence-electron chi connectivity index (χ2n) is 3.45. The maximum Gasteiger partial charge on any atom is 0.140 e. The molecular formula is C11H15ClFNO. The summed E-state index contributed by atoms with van der Waals surface area (Å²) in [5.74, 6) is 0.0307. The minimum Gasteiger partial charge on any atom is -0.495 e. The summed E-state index contributed by atoms with van der Waals surface area (Å²) < 4.78 is 18.4. The molecule has 1 aromatic rings. The standard InChI is InChI=1S/C11H15ClFNO/c1-3-8(14)4-7-5-9(12)11(15-2)6-10(7)13/h5-6,8H,3-4,14H2,1-2H3. The molecule has 1 rings (SSSR count). The van der Waals surface area contributed by atoms with E-state index >= 15 is 0 Å². The van der Waals surface area contributed by atoms with Crippen molar-refractivity contribution >= 4 is 11.6 Å². The van der Waals surface area contributed by atoms with E-state index in [1.54, 1.807) is 6.07 Å². The van der Waals surface area contributed by atoms with Crippen molar-refractivity contribution in [2.45, 2.75) is 25.8 Å². The third kappa shape index (κ3) is 3.08. The highest BCUT2D eigenvalue weighted by Crippen LogP contribution is 2.27. The van der Waals surface area contributed by atoms with Crippen LogP contribution in [0.1, 0.15) is 18.9 Å². The van der Waals surface area contributed by atoms with Crippen LogP contribution in [0, 0.1) is 5.82 Å². The van der Waals surface area contributed by atoms with Gasteiger partial charge in [0.05, 0.1) is 12.1 Å². The molecule has 15 heavy (non-hydrogen) atoms. The molecule has 0 fully saturated rings. The number of benzene rings is 1. The molecular weight excluding hydrogens is 217 g/mol. The monoisotopic (exact) mass is 231 g/mol. The molecule has 0 bridgehead atoms. The van der Waals surface area contributed by atoms with Crippen molar-refractivity contribution in [2.24, 2.45) is 5.73 Å². The molecule has 0 amide bonds. The molecule has 0 aliphatic carbocycles. The van der Waals surface area contributed by atoms with Crippen LogP contribution in [-0.2, 0) is 6.42 Å². The zero-order valence-electron chi connectivity index (χ0n) is 8.89. The van der Waals surface area contributed by atoms with Gasteiger partial charge >= 0.3 is 0 Å². The van der Waals surface area contributed by atoms with E-state index in [0.29, 0.717) is 22.8 Å². The van der Waals surface area contributed by atoms with E-state index in [4.69, 9.17) is 22.1 Å². The predicted octanol–water partition coefficient (Wildman–Crippen LogP) is 2.77. The Bertz CT molecular complexity index is 344. The van der Waals surface area contributed by atoms with Crippen molar-refractivity contribution in [1.29, 1.82) is 0 Å². The van der Waals surface area contributed by atoms with Crippen molar-refractivity contribution in [1.82, 2.24) is 0 Å². The van der Waals surface area contributed by atoms with Gasteiger partial charge in [-0.3, -0.25) is 0 Å². The lowest BCUT2D eigenvalue weighted by molar-refractivity contribution is 0.410. The van der Waals surface area contributed by atoms with E-state index < -0.39 is 0 Å². The molecule has 4 heteroatoms. The molecule has 0 aliphatic heterocycles. The smallest absolute Gasteiger partial charge is 0.140 e. The third-order valence-corrected chi connectivity index (χ3v) is 2.62. The minimum atomic E-state index is -0.319. The van der Waals surface area contributed by atoms with Gasteiger partial charge in [0.25, 0.3) is 0 Å². The van der Waals surface area contributed by atoms with Gasteiger partial charge in [-0.15, -0.1) is 0 Å². The third-order valence-electron chi connectivity index (χ3n) is 2.33. The molecule has 0 saturated heterocycles. The van der Waals surface area contributed by atoms with E-state index in [-0.39, 0.29) is 11.9 Å². The maximum absolute atomic E-state index is 13.5. The van der Waals surface area contributed by atoms with Gasteiger partial charge in [0, 0.05) is 12.1 Å². The van der Waals surface area contributed by atoms with Crippen LogP contribution in [0.3, 0.4) is 0 Å². The Morgan fingerprint density at radius 3 is 2.73 bits per heavy atom. The number of rotatable bonds is 4. The Morgan fingerprint density at radius 2 is 2.20 bits per heavy atom. The van der Waals surface area contributed by atoms with Crippen LogP contribution in [0.15, 0.2) is 12.1 Å². The first-order chi connectivity index (χ1) is 7.08. The van der Waals surface area contributed by atoms with Crippen molar-refractivity contribution in [3.63, 3.8) is 0 Å². The Kier molecular flexibility index (Phi) is 4.36.